The third kappa shape index (κ3) is 2.34. The van der Waals surface area contributed by atoms with Crippen molar-refractivity contribution < 1.29 is 0 Å². The summed E-state index contributed by atoms with van der Waals surface area (Å²) in [5, 5.41) is 11.8. The van der Waals surface area contributed by atoms with Gasteiger partial charge in [0.15, 0.2) is 0 Å². The van der Waals surface area contributed by atoms with Crippen molar-refractivity contribution in [2.45, 2.75) is 19.9 Å². The monoisotopic (exact) mass is 287 g/mol. The second kappa shape index (κ2) is 5.45. The molecule has 2 aromatic heterocycles. The van der Waals surface area contributed by atoms with Crippen molar-refractivity contribution in [1.82, 2.24) is 5.32 Å². The lowest BCUT2D eigenvalue weighted by atomic mass is 9.98. The van der Waals surface area contributed by atoms with Crippen molar-refractivity contribution in [3.05, 3.63) is 57.1 Å². The van der Waals surface area contributed by atoms with Crippen molar-refractivity contribution in [1.29, 1.82) is 0 Å². The van der Waals surface area contributed by atoms with Gasteiger partial charge in [0.05, 0.1) is 6.04 Å². The van der Waals surface area contributed by atoms with E-state index in [1.54, 1.807) is 11.3 Å². The Hall–Kier alpha value is -1.16. The lowest BCUT2D eigenvalue weighted by Crippen LogP contribution is -2.21. The summed E-state index contributed by atoms with van der Waals surface area (Å²) < 4.78 is 1.37. The molecule has 0 saturated carbocycles. The highest BCUT2D eigenvalue weighted by Crippen LogP contribution is 2.35. The Kier molecular flexibility index (Phi) is 3.69. The largest absolute Gasteiger partial charge is 0.306 e. The van der Waals surface area contributed by atoms with Gasteiger partial charge in [-0.25, -0.2) is 0 Å². The molecule has 98 valence electrons. The number of benzene rings is 1. The van der Waals surface area contributed by atoms with Crippen molar-refractivity contribution >= 4 is 32.8 Å². The van der Waals surface area contributed by atoms with Gasteiger partial charge in [0.1, 0.15) is 0 Å². The van der Waals surface area contributed by atoms with Gasteiger partial charge in [-0.3, -0.25) is 0 Å². The zero-order valence-electron chi connectivity index (χ0n) is 11.1. The van der Waals surface area contributed by atoms with Crippen molar-refractivity contribution in [2.24, 2.45) is 0 Å². The Morgan fingerprint density at radius 2 is 1.95 bits per heavy atom. The standard InChI is InChI=1S/C16H17NS2/c1-3-17-16(13-9-18-8-11(13)2)14-10-19-15-7-5-4-6-12(14)15/h4-10,16-17H,3H2,1-2H3. The molecule has 1 unspecified atom stereocenters. The highest BCUT2D eigenvalue weighted by molar-refractivity contribution is 7.17. The van der Waals surface area contributed by atoms with Crippen LogP contribution in [-0.4, -0.2) is 6.54 Å². The van der Waals surface area contributed by atoms with E-state index in [2.05, 4.69) is 59.6 Å². The molecule has 0 bridgehead atoms. The molecule has 0 spiro atoms. The summed E-state index contributed by atoms with van der Waals surface area (Å²) in [6.07, 6.45) is 0. The number of rotatable bonds is 4. The third-order valence-corrected chi connectivity index (χ3v) is 5.30. The first-order valence-corrected chi connectivity index (χ1v) is 8.35. The van der Waals surface area contributed by atoms with Crippen LogP contribution in [0.1, 0.15) is 29.7 Å². The number of aryl methyl sites for hydroxylation is 1. The number of thiophene rings is 2. The fourth-order valence-electron chi connectivity index (χ4n) is 2.48. The summed E-state index contributed by atoms with van der Waals surface area (Å²) in [6, 6.07) is 8.98. The predicted molar refractivity (Wildman–Crippen MR) is 86.4 cm³/mol. The van der Waals surface area contributed by atoms with Crippen molar-refractivity contribution in [3.8, 4) is 0 Å². The van der Waals surface area contributed by atoms with Gasteiger partial charge in [-0.2, -0.15) is 11.3 Å². The van der Waals surface area contributed by atoms with Crippen LogP contribution in [0.5, 0.6) is 0 Å². The Labute approximate surface area is 121 Å². The summed E-state index contributed by atoms with van der Waals surface area (Å²) in [7, 11) is 0. The summed E-state index contributed by atoms with van der Waals surface area (Å²) >= 11 is 3.62. The van der Waals surface area contributed by atoms with Crippen molar-refractivity contribution in [2.75, 3.05) is 6.54 Å². The van der Waals surface area contributed by atoms with Gasteiger partial charge in [-0.15, -0.1) is 11.3 Å². The van der Waals surface area contributed by atoms with Crippen LogP contribution in [0, 0.1) is 6.92 Å². The molecule has 2 heterocycles. The van der Waals surface area contributed by atoms with E-state index < -0.39 is 0 Å². The lowest BCUT2D eigenvalue weighted by Gasteiger charge is -2.18. The van der Waals surface area contributed by atoms with Crippen LogP contribution < -0.4 is 5.32 Å². The molecule has 1 N–H and O–H groups in total. The molecule has 3 heteroatoms. The first-order valence-electron chi connectivity index (χ1n) is 6.53. The third-order valence-electron chi connectivity index (χ3n) is 3.44. The van der Waals surface area contributed by atoms with Crippen LogP contribution in [-0.2, 0) is 0 Å². The van der Waals surface area contributed by atoms with Crippen LogP contribution in [0.4, 0.5) is 0 Å². The fraction of sp³-hybridized carbons (Fsp3) is 0.250. The maximum atomic E-state index is 3.63. The normalized spacial score (nSPS) is 12.9. The molecule has 19 heavy (non-hydrogen) atoms. The highest BCUT2D eigenvalue weighted by atomic mass is 32.1. The predicted octanol–water partition coefficient (Wildman–Crippen LogP) is 4.97. The van der Waals surface area contributed by atoms with Gasteiger partial charge in [0.25, 0.3) is 0 Å². The molecule has 0 saturated heterocycles. The molecule has 0 amide bonds. The molecule has 1 atom stereocenters. The smallest absolute Gasteiger partial charge is 0.0601 e. The molecule has 0 aliphatic rings. The number of fused-ring (bicyclic) bond motifs is 1. The minimum absolute atomic E-state index is 0.312. The highest BCUT2D eigenvalue weighted by Gasteiger charge is 2.19. The Balaban J connectivity index is 2.12. The van der Waals surface area contributed by atoms with E-state index in [9.17, 15) is 0 Å². The Morgan fingerprint density at radius 1 is 1.11 bits per heavy atom. The molecule has 1 aromatic carbocycles. The first-order chi connectivity index (χ1) is 9.31. The number of hydrogen-bond donors (Lipinski definition) is 1. The van der Waals surface area contributed by atoms with E-state index in [1.165, 1.54) is 26.8 Å². The van der Waals surface area contributed by atoms with E-state index >= 15 is 0 Å². The number of nitrogens with one attached hydrogen (secondary N) is 1. The second-order valence-electron chi connectivity index (χ2n) is 4.69. The molecule has 3 rings (SSSR count). The summed E-state index contributed by atoms with van der Waals surface area (Å²) in [6.45, 7) is 5.35. The van der Waals surface area contributed by atoms with Gasteiger partial charge >= 0.3 is 0 Å². The Bertz CT molecular complexity index is 681. The van der Waals surface area contributed by atoms with Crippen LogP contribution in [0.2, 0.25) is 0 Å². The van der Waals surface area contributed by atoms with E-state index in [1.807, 2.05) is 11.3 Å². The average Bonchev–Trinajstić information content (AvgIpc) is 3.03. The molecule has 0 aliphatic carbocycles. The minimum Gasteiger partial charge on any atom is -0.306 e. The molecule has 3 aromatic rings. The zero-order valence-corrected chi connectivity index (χ0v) is 12.8. The van der Waals surface area contributed by atoms with Gasteiger partial charge in [0.2, 0.25) is 0 Å². The van der Waals surface area contributed by atoms with E-state index in [0.717, 1.165) is 6.54 Å². The topological polar surface area (TPSA) is 12.0 Å². The molecule has 0 radical (unpaired) electrons. The first kappa shape index (κ1) is 12.9. The van der Waals surface area contributed by atoms with Crippen LogP contribution in [0.15, 0.2) is 40.4 Å². The van der Waals surface area contributed by atoms with Crippen molar-refractivity contribution in [3.63, 3.8) is 0 Å². The molecular weight excluding hydrogens is 270 g/mol. The molecule has 1 nitrogen and oxygen atoms in total. The zero-order chi connectivity index (χ0) is 13.2. The molecule has 0 aliphatic heterocycles. The van der Waals surface area contributed by atoms with E-state index in [-0.39, 0.29) is 0 Å². The van der Waals surface area contributed by atoms with Gasteiger partial charge in [-0.05, 0) is 57.8 Å². The summed E-state index contributed by atoms with van der Waals surface area (Å²) in [5.74, 6) is 0. The van der Waals surface area contributed by atoms with Gasteiger partial charge in [-0.1, -0.05) is 25.1 Å². The quantitative estimate of drug-likeness (QED) is 0.714. The fourth-order valence-corrected chi connectivity index (χ4v) is 4.34. The molecular formula is C16H17NS2. The SMILES string of the molecule is CCNC(c1cscc1C)c1csc2ccccc12. The summed E-state index contributed by atoms with van der Waals surface area (Å²) in [5.41, 5.74) is 4.20. The summed E-state index contributed by atoms with van der Waals surface area (Å²) in [4.78, 5) is 0. The van der Waals surface area contributed by atoms with Crippen LogP contribution >= 0.6 is 22.7 Å². The second-order valence-corrected chi connectivity index (χ2v) is 6.34. The van der Waals surface area contributed by atoms with Crippen LogP contribution in [0.25, 0.3) is 10.1 Å². The van der Waals surface area contributed by atoms with E-state index in [0.29, 0.717) is 6.04 Å². The maximum Gasteiger partial charge on any atom is 0.0601 e. The van der Waals surface area contributed by atoms with Gasteiger partial charge < -0.3 is 5.32 Å². The average molecular weight is 287 g/mol. The minimum atomic E-state index is 0.312. The number of hydrogen-bond acceptors (Lipinski definition) is 3. The molecule has 0 fully saturated rings. The van der Waals surface area contributed by atoms with Crippen LogP contribution in [0.3, 0.4) is 0 Å². The van der Waals surface area contributed by atoms with E-state index in [4.69, 9.17) is 0 Å². The Morgan fingerprint density at radius 3 is 2.68 bits per heavy atom. The van der Waals surface area contributed by atoms with Gasteiger partial charge in [0, 0.05) is 4.70 Å². The maximum absolute atomic E-state index is 3.63. The lowest BCUT2D eigenvalue weighted by molar-refractivity contribution is 0.635.